The Bertz CT molecular complexity index is 995. The molecular formula is C22H23F2N3O4. The zero-order valence-electron chi connectivity index (χ0n) is 17.1. The first-order valence-corrected chi connectivity index (χ1v) is 10.1. The molecule has 0 radical (unpaired) electrons. The van der Waals surface area contributed by atoms with Crippen molar-refractivity contribution in [2.75, 3.05) is 19.0 Å². The van der Waals surface area contributed by atoms with Crippen LogP contribution in [0, 0.1) is 5.92 Å². The van der Waals surface area contributed by atoms with Crippen molar-refractivity contribution in [3.63, 3.8) is 0 Å². The third kappa shape index (κ3) is 4.92. The van der Waals surface area contributed by atoms with Gasteiger partial charge in [0, 0.05) is 30.3 Å². The number of rotatable bonds is 9. The minimum atomic E-state index is -2.59. The van der Waals surface area contributed by atoms with E-state index < -0.39 is 13.0 Å². The summed E-state index contributed by atoms with van der Waals surface area (Å²) in [7, 11) is 1.42. The third-order valence-corrected chi connectivity index (χ3v) is 5.32. The van der Waals surface area contributed by atoms with Crippen LogP contribution in [0.2, 0.25) is 0 Å². The fourth-order valence-corrected chi connectivity index (χ4v) is 3.59. The monoisotopic (exact) mass is 431 g/mol. The average molecular weight is 431 g/mol. The molecule has 0 unspecified atom stereocenters. The van der Waals surface area contributed by atoms with Gasteiger partial charge in [-0.25, -0.2) is 13.8 Å². The Hall–Kier alpha value is -3.23. The molecule has 31 heavy (non-hydrogen) atoms. The van der Waals surface area contributed by atoms with Crippen LogP contribution in [-0.2, 0) is 17.9 Å². The van der Waals surface area contributed by atoms with E-state index in [4.69, 9.17) is 9.47 Å². The molecule has 1 N–H and O–H groups in total. The largest absolute Gasteiger partial charge is 0.493 e. The maximum Gasteiger partial charge on any atom is 0.272 e. The Morgan fingerprint density at radius 2 is 2.10 bits per heavy atom. The smallest absolute Gasteiger partial charge is 0.272 e. The molecule has 0 bridgehead atoms. The summed E-state index contributed by atoms with van der Waals surface area (Å²) < 4.78 is 35.1. The van der Waals surface area contributed by atoms with E-state index in [0.717, 1.165) is 18.4 Å². The number of fused-ring (bicyclic) bond motifs is 1. The fourth-order valence-electron chi connectivity index (χ4n) is 3.59. The molecular weight excluding hydrogens is 408 g/mol. The summed E-state index contributed by atoms with van der Waals surface area (Å²) in [5.74, 6) is 1.17. The van der Waals surface area contributed by atoms with Gasteiger partial charge in [-0.05, 0) is 42.5 Å². The van der Waals surface area contributed by atoms with Crippen molar-refractivity contribution >= 4 is 17.6 Å². The molecule has 1 aromatic carbocycles. The normalized spacial score (nSPS) is 15.2. The first-order chi connectivity index (χ1) is 14.9. The number of amides is 2. The number of nitrogens with zero attached hydrogens (tertiary/aromatic N) is 2. The highest BCUT2D eigenvalue weighted by Crippen LogP contribution is 2.34. The summed E-state index contributed by atoms with van der Waals surface area (Å²) in [6, 6.07) is 6.56. The van der Waals surface area contributed by atoms with Gasteiger partial charge in [0.2, 0.25) is 5.91 Å². The molecule has 1 fully saturated rings. The minimum Gasteiger partial charge on any atom is -0.493 e. The predicted octanol–water partition coefficient (Wildman–Crippen LogP) is 3.63. The van der Waals surface area contributed by atoms with Crippen LogP contribution >= 0.6 is 0 Å². The third-order valence-electron chi connectivity index (χ3n) is 5.32. The van der Waals surface area contributed by atoms with E-state index in [-0.39, 0.29) is 24.1 Å². The van der Waals surface area contributed by atoms with E-state index in [1.165, 1.54) is 13.3 Å². The second-order valence-corrected chi connectivity index (χ2v) is 7.73. The Morgan fingerprint density at radius 1 is 1.29 bits per heavy atom. The zero-order valence-corrected chi connectivity index (χ0v) is 17.1. The number of nitrogens with one attached hydrogen (secondary N) is 1. The van der Waals surface area contributed by atoms with Gasteiger partial charge in [-0.1, -0.05) is 6.07 Å². The van der Waals surface area contributed by atoms with Crippen molar-refractivity contribution in [2.45, 2.75) is 38.8 Å². The fraction of sp³-hybridized carbons (Fsp3) is 0.409. The number of pyridine rings is 1. The summed E-state index contributed by atoms with van der Waals surface area (Å²) in [5, 5.41) is 2.84. The van der Waals surface area contributed by atoms with Crippen LogP contribution in [0.4, 0.5) is 14.6 Å². The predicted molar refractivity (Wildman–Crippen MR) is 108 cm³/mol. The SMILES string of the molecule is COc1cc(CN2Cc3c(ccnc3NC(=O)CC3CC3)C2=O)ccc1OCC(F)F. The van der Waals surface area contributed by atoms with E-state index >= 15 is 0 Å². The number of benzene rings is 1. The van der Waals surface area contributed by atoms with Crippen LogP contribution in [-0.4, -0.2) is 41.8 Å². The van der Waals surface area contributed by atoms with Gasteiger partial charge >= 0.3 is 0 Å². The number of hydrogen-bond acceptors (Lipinski definition) is 5. The summed E-state index contributed by atoms with van der Waals surface area (Å²) in [4.78, 5) is 31.0. The molecule has 7 nitrogen and oxygen atoms in total. The van der Waals surface area contributed by atoms with Gasteiger partial charge in [0.15, 0.2) is 11.5 Å². The number of carbonyl (C=O) groups excluding carboxylic acids is 2. The molecule has 2 amide bonds. The van der Waals surface area contributed by atoms with Gasteiger partial charge in [0.1, 0.15) is 12.4 Å². The minimum absolute atomic E-state index is 0.0848. The number of halogens is 2. The number of hydrogen-bond donors (Lipinski definition) is 1. The van der Waals surface area contributed by atoms with Crippen LogP contribution in [0.25, 0.3) is 0 Å². The highest BCUT2D eigenvalue weighted by molar-refractivity contribution is 6.01. The summed E-state index contributed by atoms with van der Waals surface area (Å²) in [5.41, 5.74) is 1.97. The second-order valence-electron chi connectivity index (χ2n) is 7.73. The molecule has 0 spiro atoms. The molecule has 2 heterocycles. The number of alkyl halides is 2. The lowest BCUT2D eigenvalue weighted by Gasteiger charge is -2.17. The maximum absolute atomic E-state index is 12.9. The number of anilines is 1. The lowest BCUT2D eigenvalue weighted by molar-refractivity contribution is -0.116. The standard InChI is InChI=1S/C22H23F2N3O4/c1-30-18-8-14(4-5-17(18)31-12-19(23)24)10-27-11-16-15(22(27)29)6-7-25-21(16)26-20(28)9-13-2-3-13/h4-8,13,19H,2-3,9-12H2,1H3,(H,25,26,28). The Kier molecular flexibility index (Phi) is 6.01. The molecule has 0 atom stereocenters. The number of aromatic nitrogens is 1. The molecule has 4 rings (SSSR count). The van der Waals surface area contributed by atoms with Crippen LogP contribution in [0.1, 0.15) is 40.7 Å². The number of methoxy groups -OCH3 is 1. The van der Waals surface area contributed by atoms with E-state index in [9.17, 15) is 18.4 Å². The second kappa shape index (κ2) is 8.87. The Morgan fingerprint density at radius 3 is 2.81 bits per heavy atom. The highest BCUT2D eigenvalue weighted by Gasteiger charge is 2.31. The summed E-state index contributed by atoms with van der Waals surface area (Å²) in [6.45, 7) is -0.126. The van der Waals surface area contributed by atoms with Crippen LogP contribution in [0.3, 0.4) is 0 Å². The van der Waals surface area contributed by atoms with Crippen LogP contribution in [0.15, 0.2) is 30.5 Å². The van der Waals surface area contributed by atoms with Gasteiger partial charge in [0.05, 0.1) is 13.7 Å². The Labute approximate surface area is 178 Å². The summed E-state index contributed by atoms with van der Waals surface area (Å²) >= 11 is 0. The molecule has 9 heteroatoms. The number of carbonyl (C=O) groups is 2. The van der Waals surface area contributed by atoms with Crippen LogP contribution in [0.5, 0.6) is 11.5 Å². The van der Waals surface area contributed by atoms with Crippen molar-refractivity contribution in [3.8, 4) is 11.5 Å². The van der Waals surface area contributed by atoms with Crippen molar-refractivity contribution in [1.29, 1.82) is 0 Å². The van der Waals surface area contributed by atoms with Gasteiger partial charge in [0.25, 0.3) is 12.3 Å². The van der Waals surface area contributed by atoms with Crippen molar-refractivity contribution in [2.24, 2.45) is 5.92 Å². The molecule has 164 valence electrons. The van der Waals surface area contributed by atoms with Crippen molar-refractivity contribution in [3.05, 3.63) is 47.2 Å². The van der Waals surface area contributed by atoms with Crippen molar-refractivity contribution < 1.29 is 27.8 Å². The van der Waals surface area contributed by atoms with Crippen LogP contribution < -0.4 is 14.8 Å². The molecule has 2 aliphatic rings. The van der Waals surface area contributed by atoms with E-state index in [1.54, 1.807) is 29.2 Å². The first kappa shape index (κ1) is 21.0. The topological polar surface area (TPSA) is 80.8 Å². The molecule has 1 aliphatic heterocycles. The molecule has 0 saturated heterocycles. The van der Waals surface area contributed by atoms with Gasteiger partial charge in [-0.2, -0.15) is 0 Å². The lowest BCUT2D eigenvalue weighted by atomic mass is 10.1. The van der Waals surface area contributed by atoms with Crippen molar-refractivity contribution in [1.82, 2.24) is 9.88 Å². The molecule has 1 aromatic heterocycles. The quantitative estimate of drug-likeness (QED) is 0.656. The average Bonchev–Trinajstić information content (AvgIpc) is 3.50. The summed E-state index contributed by atoms with van der Waals surface area (Å²) in [6.07, 6.45) is 1.57. The maximum atomic E-state index is 12.9. The molecule has 2 aromatic rings. The molecule has 1 aliphatic carbocycles. The number of ether oxygens (including phenoxy) is 2. The van der Waals surface area contributed by atoms with Gasteiger partial charge in [-0.3, -0.25) is 9.59 Å². The van der Waals surface area contributed by atoms with E-state index in [2.05, 4.69) is 10.3 Å². The Balaban J connectivity index is 1.46. The highest BCUT2D eigenvalue weighted by atomic mass is 19.3. The van der Waals surface area contributed by atoms with E-state index in [1.807, 2.05) is 0 Å². The van der Waals surface area contributed by atoms with Gasteiger partial charge < -0.3 is 19.7 Å². The zero-order chi connectivity index (χ0) is 22.0. The first-order valence-electron chi connectivity index (χ1n) is 10.1. The lowest BCUT2D eigenvalue weighted by Crippen LogP contribution is -2.23. The van der Waals surface area contributed by atoms with E-state index in [0.29, 0.717) is 41.6 Å². The van der Waals surface area contributed by atoms with Gasteiger partial charge in [-0.15, -0.1) is 0 Å². The molecule has 1 saturated carbocycles.